The summed E-state index contributed by atoms with van der Waals surface area (Å²) in [6.07, 6.45) is 0.538. The zero-order chi connectivity index (χ0) is 14.2. The Morgan fingerprint density at radius 2 is 1.42 bits per heavy atom. The number of nitrogens with one attached hydrogen (secondary N) is 1. The summed E-state index contributed by atoms with van der Waals surface area (Å²) >= 11 is 0. The number of anilines is 1. The number of nitrogens with zero attached hydrogens (tertiary/aromatic N) is 1. The van der Waals surface area contributed by atoms with Crippen LogP contribution in [0.2, 0.25) is 0 Å². The van der Waals surface area contributed by atoms with E-state index in [-0.39, 0.29) is 12.6 Å². The quantitative estimate of drug-likeness (QED) is 0.518. The van der Waals surface area contributed by atoms with Crippen molar-refractivity contribution >= 4 is 5.69 Å². The van der Waals surface area contributed by atoms with E-state index in [1.54, 1.807) is 6.92 Å². The molecule has 1 fully saturated rings. The highest BCUT2D eigenvalue weighted by atomic mass is 19.2. The van der Waals surface area contributed by atoms with Crippen LogP contribution in [0.3, 0.4) is 0 Å². The molecule has 1 N–H and O–H groups in total. The van der Waals surface area contributed by atoms with Gasteiger partial charge in [0.25, 0.3) is 0 Å². The minimum Gasteiger partial charge on any atom is -0.361 e. The molecule has 0 spiro atoms. The maximum atomic E-state index is 13.7. The van der Waals surface area contributed by atoms with Gasteiger partial charge in [0.15, 0.2) is 23.3 Å². The number of rotatable bonds is 4. The lowest BCUT2D eigenvalue weighted by Gasteiger charge is -2.40. The highest BCUT2D eigenvalue weighted by molar-refractivity contribution is 5.52. The van der Waals surface area contributed by atoms with Gasteiger partial charge in [0.1, 0.15) is 5.69 Å². The first kappa shape index (κ1) is 14.0. The van der Waals surface area contributed by atoms with E-state index in [0.29, 0.717) is 19.5 Å². The minimum absolute atomic E-state index is 0.227. The fourth-order valence-electron chi connectivity index (χ4n) is 2.06. The second-order valence-electron chi connectivity index (χ2n) is 4.42. The summed E-state index contributed by atoms with van der Waals surface area (Å²) in [6, 6.07) is -0.256. The van der Waals surface area contributed by atoms with Crippen molar-refractivity contribution in [2.24, 2.45) is 0 Å². The van der Waals surface area contributed by atoms with E-state index in [9.17, 15) is 22.0 Å². The highest BCUT2D eigenvalue weighted by Crippen LogP contribution is 2.32. The Balaban J connectivity index is 2.52. The van der Waals surface area contributed by atoms with Gasteiger partial charge in [0, 0.05) is 19.6 Å². The molecule has 0 aliphatic carbocycles. The van der Waals surface area contributed by atoms with E-state index in [1.165, 1.54) is 4.90 Å². The van der Waals surface area contributed by atoms with Crippen LogP contribution in [0.4, 0.5) is 27.6 Å². The Hall–Kier alpha value is -1.37. The zero-order valence-corrected chi connectivity index (χ0v) is 10.2. The van der Waals surface area contributed by atoms with Crippen LogP contribution in [0, 0.1) is 29.1 Å². The van der Waals surface area contributed by atoms with Gasteiger partial charge < -0.3 is 10.2 Å². The van der Waals surface area contributed by atoms with Gasteiger partial charge in [-0.2, -0.15) is 0 Å². The van der Waals surface area contributed by atoms with Gasteiger partial charge in [-0.1, -0.05) is 6.92 Å². The van der Waals surface area contributed by atoms with Crippen LogP contribution in [0.25, 0.3) is 0 Å². The molecule has 2 rings (SSSR count). The van der Waals surface area contributed by atoms with Crippen LogP contribution in [-0.2, 0) is 0 Å². The molecular formula is C12H13F5N2. The van der Waals surface area contributed by atoms with Crippen molar-refractivity contribution in [3.8, 4) is 0 Å². The van der Waals surface area contributed by atoms with Gasteiger partial charge in [0.05, 0.1) is 6.04 Å². The fraction of sp³-hybridized carbons (Fsp3) is 0.500. The third-order valence-electron chi connectivity index (χ3n) is 3.14. The second kappa shape index (κ2) is 5.32. The van der Waals surface area contributed by atoms with Crippen molar-refractivity contribution < 1.29 is 22.0 Å². The molecule has 2 nitrogen and oxygen atoms in total. The Morgan fingerprint density at radius 1 is 0.947 bits per heavy atom. The first-order valence-electron chi connectivity index (χ1n) is 5.97. The standard InChI is InChI=1S/C12H13F5N2/c1-2-3-19(6-4-18-5-6)12-10(16)8(14)7(13)9(15)11(12)17/h6,18H,2-5H2,1H3. The highest BCUT2D eigenvalue weighted by Gasteiger charge is 2.33. The van der Waals surface area contributed by atoms with Crippen LogP contribution < -0.4 is 10.2 Å². The van der Waals surface area contributed by atoms with Gasteiger partial charge in [-0.25, -0.2) is 22.0 Å². The summed E-state index contributed by atoms with van der Waals surface area (Å²) < 4.78 is 66.8. The molecule has 1 saturated heterocycles. The van der Waals surface area contributed by atoms with E-state index >= 15 is 0 Å². The van der Waals surface area contributed by atoms with Gasteiger partial charge in [-0.05, 0) is 6.42 Å². The topological polar surface area (TPSA) is 15.3 Å². The number of halogens is 5. The summed E-state index contributed by atoms with van der Waals surface area (Å²) in [7, 11) is 0. The van der Waals surface area contributed by atoms with Crippen LogP contribution in [0.1, 0.15) is 13.3 Å². The molecule has 0 bridgehead atoms. The first-order valence-corrected chi connectivity index (χ1v) is 5.97. The molecule has 0 amide bonds. The molecule has 19 heavy (non-hydrogen) atoms. The summed E-state index contributed by atoms with van der Waals surface area (Å²) in [5.41, 5.74) is -0.829. The molecule has 7 heteroatoms. The predicted octanol–water partition coefficient (Wildman–Crippen LogP) is 2.57. The first-order chi connectivity index (χ1) is 8.99. The van der Waals surface area contributed by atoms with Crippen molar-refractivity contribution in [1.29, 1.82) is 0 Å². The molecule has 1 aliphatic heterocycles. The van der Waals surface area contributed by atoms with Gasteiger partial charge in [-0.3, -0.25) is 0 Å². The van der Waals surface area contributed by atoms with Crippen LogP contribution in [-0.4, -0.2) is 25.7 Å². The van der Waals surface area contributed by atoms with Crippen LogP contribution >= 0.6 is 0 Å². The zero-order valence-electron chi connectivity index (χ0n) is 10.2. The average molecular weight is 280 g/mol. The molecule has 106 valence electrons. The monoisotopic (exact) mass is 280 g/mol. The lowest BCUT2D eigenvalue weighted by molar-refractivity contribution is 0.363. The second-order valence-corrected chi connectivity index (χ2v) is 4.42. The lowest BCUT2D eigenvalue weighted by Crippen LogP contribution is -2.58. The van der Waals surface area contributed by atoms with Crippen molar-refractivity contribution in [1.82, 2.24) is 5.32 Å². The molecule has 1 heterocycles. The molecule has 1 aromatic carbocycles. The molecular weight excluding hydrogens is 267 g/mol. The van der Waals surface area contributed by atoms with E-state index in [0.717, 1.165) is 0 Å². The molecule has 0 unspecified atom stereocenters. The molecule has 1 aromatic rings. The van der Waals surface area contributed by atoms with Crippen LogP contribution in [0.15, 0.2) is 0 Å². The number of hydrogen-bond donors (Lipinski definition) is 1. The minimum atomic E-state index is -2.12. The Morgan fingerprint density at radius 3 is 1.79 bits per heavy atom. The fourth-order valence-corrected chi connectivity index (χ4v) is 2.06. The number of benzene rings is 1. The Bertz CT molecular complexity index is 458. The third-order valence-corrected chi connectivity index (χ3v) is 3.14. The van der Waals surface area contributed by atoms with Crippen molar-refractivity contribution in [2.45, 2.75) is 19.4 Å². The Kier molecular flexibility index (Phi) is 3.93. The molecule has 1 aliphatic rings. The van der Waals surface area contributed by atoms with E-state index in [4.69, 9.17) is 0 Å². The van der Waals surface area contributed by atoms with E-state index in [1.807, 2.05) is 0 Å². The van der Waals surface area contributed by atoms with E-state index < -0.39 is 34.8 Å². The molecule has 0 saturated carbocycles. The van der Waals surface area contributed by atoms with Crippen LogP contribution in [0.5, 0.6) is 0 Å². The van der Waals surface area contributed by atoms with Gasteiger partial charge in [0.2, 0.25) is 5.82 Å². The largest absolute Gasteiger partial charge is 0.361 e. The average Bonchev–Trinajstić information content (AvgIpc) is 2.32. The van der Waals surface area contributed by atoms with Crippen molar-refractivity contribution in [3.05, 3.63) is 29.1 Å². The maximum absolute atomic E-state index is 13.7. The summed E-state index contributed by atoms with van der Waals surface area (Å²) in [5, 5.41) is 2.90. The summed E-state index contributed by atoms with van der Waals surface area (Å²) in [5.74, 6) is -9.46. The molecule has 0 aromatic heterocycles. The van der Waals surface area contributed by atoms with Crippen molar-refractivity contribution in [2.75, 3.05) is 24.5 Å². The number of hydrogen-bond acceptors (Lipinski definition) is 2. The van der Waals surface area contributed by atoms with Crippen molar-refractivity contribution in [3.63, 3.8) is 0 Å². The smallest absolute Gasteiger partial charge is 0.200 e. The predicted molar refractivity (Wildman–Crippen MR) is 60.5 cm³/mol. The van der Waals surface area contributed by atoms with E-state index in [2.05, 4.69) is 5.32 Å². The van der Waals surface area contributed by atoms with Gasteiger partial charge >= 0.3 is 0 Å². The normalized spacial score (nSPS) is 15.5. The maximum Gasteiger partial charge on any atom is 0.200 e. The summed E-state index contributed by atoms with van der Waals surface area (Å²) in [6.45, 7) is 2.91. The lowest BCUT2D eigenvalue weighted by atomic mass is 10.1. The van der Waals surface area contributed by atoms with Gasteiger partial charge in [-0.15, -0.1) is 0 Å². The molecule has 0 radical (unpaired) electrons. The molecule has 0 atom stereocenters. The third kappa shape index (κ3) is 2.27. The SMILES string of the molecule is CCCN(c1c(F)c(F)c(F)c(F)c1F)C1CNC1. The Labute approximate surface area is 107 Å². The summed E-state index contributed by atoms with van der Waals surface area (Å²) in [4.78, 5) is 1.24.